The van der Waals surface area contributed by atoms with Gasteiger partial charge in [-0.15, -0.1) is 0 Å². The maximum Gasteiger partial charge on any atom is 0.262 e. The molecule has 7 heteroatoms. The van der Waals surface area contributed by atoms with Crippen LogP contribution in [0.3, 0.4) is 0 Å². The van der Waals surface area contributed by atoms with Gasteiger partial charge in [-0.2, -0.15) is 0 Å². The number of anilines is 1. The molecule has 0 aromatic heterocycles. The van der Waals surface area contributed by atoms with Gasteiger partial charge in [0.25, 0.3) is 5.91 Å². The van der Waals surface area contributed by atoms with Gasteiger partial charge in [-0.25, -0.2) is 0 Å². The molecule has 2 aliphatic rings. The molecule has 1 aliphatic heterocycles. The molecule has 0 bridgehead atoms. The van der Waals surface area contributed by atoms with E-state index in [9.17, 15) is 4.79 Å². The number of thioether (sulfide) groups is 1. The van der Waals surface area contributed by atoms with Crippen LogP contribution in [0, 0.1) is 5.92 Å². The Kier molecular flexibility index (Phi) is 8.65. The summed E-state index contributed by atoms with van der Waals surface area (Å²) in [5.74, 6) is 1.83. The van der Waals surface area contributed by atoms with Crippen molar-refractivity contribution in [2.75, 3.05) is 12.4 Å². The van der Waals surface area contributed by atoms with Gasteiger partial charge in [0.2, 0.25) is 0 Å². The Morgan fingerprint density at radius 2 is 1.74 bits per heavy atom. The SMILES string of the molecule is COc1cc(/C=C2\SC(Nc3ccccc3)N([C@@H]3CCCC[C@H]3C)C2=O)c(Br)cc1OCc1ccccc1. The molecule has 5 rings (SSSR count). The molecular formula is C31H33BrN2O3S. The summed E-state index contributed by atoms with van der Waals surface area (Å²) < 4.78 is 12.6. The minimum atomic E-state index is -0.157. The van der Waals surface area contributed by atoms with Crippen molar-refractivity contribution in [3.8, 4) is 11.5 Å². The average Bonchev–Trinajstić information content (AvgIpc) is 3.24. The van der Waals surface area contributed by atoms with Gasteiger partial charge in [-0.1, -0.05) is 96.0 Å². The van der Waals surface area contributed by atoms with Gasteiger partial charge in [-0.05, 0) is 60.2 Å². The first-order chi connectivity index (χ1) is 18.5. The minimum absolute atomic E-state index is 0.0810. The molecule has 38 heavy (non-hydrogen) atoms. The van der Waals surface area contributed by atoms with Gasteiger partial charge in [0.05, 0.1) is 12.0 Å². The second-order valence-electron chi connectivity index (χ2n) is 9.83. The van der Waals surface area contributed by atoms with Gasteiger partial charge in [0, 0.05) is 16.2 Å². The van der Waals surface area contributed by atoms with E-state index in [1.54, 1.807) is 18.9 Å². The van der Waals surface area contributed by atoms with Gasteiger partial charge >= 0.3 is 0 Å². The summed E-state index contributed by atoms with van der Waals surface area (Å²) in [5, 5.41) is 3.60. The van der Waals surface area contributed by atoms with Crippen molar-refractivity contribution in [2.45, 2.75) is 50.8 Å². The molecule has 3 aromatic carbocycles. The number of hydrogen-bond acceptors (Lipinski definition) is 5. The zero-order chi connectivity index (χ0) is 26.5. The summed E-state index contributed by atoms with van der Waals surface area (Å²) in [6.07, 6.45) is 6.56. The number of amides is 1. The van der Waals surface area contributed by atoms with E-state index in [1.807, 2.05) is 78.9 Å². The molecule has 3 aromatic rings. The summed E-state index contributed by atoms with van der Waals surface area (Å²) >= 11 is 5.28. The van der Waals surface area contributed by atoms with Crippen LogP contribution in [0.1, 0.15) is 43.7 Å². The van der Waals surface area contributed by atoms with Gasteiger partial charge in [0.1, 0.15) is 6.61 Å². The van der Waals surface area contributed by atoms with E-state index in [0.29, 0.717) is 24.0 Å². The number of para-hydroxylation sites is 1. The highest BCUT2D eigenvalue weighted by Crippen LogP contribution is 2.43. The third-order valence-electron chi connectivity index (χ3n) is 7.23. The number of hydrogen-bond donors (Lipinski definition) is 1. The monoisotopic (exact) mass is 592 g/mol. The van der Waals surface area contributed by atoms with E-state index in [4.69, 9.17) is 9.47 Å². The lowest BCUT2D eigenvalue weighted by Gasteiger charge is -2.39. The highest BCUT2D eigenvalue weighted by atomic mass is 79.9. The molecule has 1 amide bonds. The molecule has 2 fully saturated rings. The van der Waals surface area contributed by atoms with E-state index in [1.165, 1.54) is 6.42 Å². The molecule has 0 radical (unpaired) electrons. The molecule has 3 atom stereocenters. The molecule has 1 N–H and O–H groups in total. The number of nitrogens with zero attached hydrogens (tertiary/aromatic N) is 1. The van der Waals surface area contributed by atoms with Crippen LogP contribution in [0.4, 0.5) is 5.69 Å². The zero-order valence-corrected chi connectivity index (χ0v) is 24.1. The largest absolute Gasteiger partial charge is 0.493 e. The maximum absolute atomic E-state index is 13.9. The molecule has 5 nitrogen and oxygen atoms in total. The number of nitrogens with one attached hydrogen (secondary N) is 1. The summed E-state index contributed by atoms with van der Waals surface area (Å²) in [6, 6.07) is 24.2. The average molecular weight is 594 g/mol. The highest BCUT2D eigenvalue weighted by Gasteiger charge is 2.43. The first-order valence-corrected chi connectivity index (χ1v) is 14.8. The molecular weight excluding hydrogens is 560 g/mol. The smallest absolute Gasteiger partial charge is 0.262 e. The fourth-order valence-electron chi connectivity index (χ4n) is 5.18. The number of carbonyl (C=O) groups is 1. The van der Waals surface area contributed by atoms with E-state index >= 15 is 0 Å². The Hall–Kier alpha value is -2.90. The van der Waals surface area contributed by atoms with E-state index in [0.717, 1.165) is 45.5 Å². The van der Waals surface area contributed by atoms with E-state index in [2.05, 4.69) is 33.1 Å². The number of methoxy groups -OCH3 is 1. The molecule has 198 valence electrons. The molecule has 1 saturated carbocycles. The summed E-state index contributed by atoms with van der Waals surface area (Å²) in [7, 11) is 1.64. The minimum Gasteiger partial charge on any atom is -0.493 e. The van der Waals surface area contributed by atoms with Gasteiger partial charge in [0.15, 0.2) is 17.0 Å². The Morgan fingerprint density at radius 3 is 2.45 bits per heavy atom. The zero-order valence-electron chi connectivity index (χ0n) is 21.7. The quantitative estimate of drug-likeness (QED) is 0.269. The lowest BCUT2D eigenvalue weighted by Crippen LogP contribution is -2.48. The fourth-order valence-corrected chi connectivity index (χ4v) is 6.82. The van der Waals surface area contributed by atoms with Crippen LogP contribution in [-0.2, 0) is 11.4 Å². The summed E-state index contributed by atoms with van der Waals surface area (Å²) in [6.45, 7) is 2.72. The lowest BCUT2D eigenvalue weighted by molar-refractivity contribution is -0.129. The van der Waals surface area contributed by atoms with Crippen LogP contribution >= 0.6 is 27.7 Å². The van der Waals surface area contributed by atoms with Crippen LogP contribution in [0.25, 0.3) is 6.08 Å². The third-order valence-corrected chi connectivity index (χ3v) is 9.03. The highest BCUT2D eigenvalue weighted by molar-refractivity contribution is 9.10. The van der Waals surface area contributed by atoms with Crippen LogP contribution in [-0.4, -0.2) is 29.5 Å². The van der Waals surface area contributed by atoms with Crippen molar-refractivity contribution >= 4 is 45.4 Å². The van der Waals surface area contributed by atoms with Crippen LogP contribution in [0.2, 0.25) is 0 Å². The fraction of sp³-hybridized carbons (Fsp3) is 0.323. The molecule has 0 spiro atoms. The van der Waals surface area contributed by atoms with E-state index in [-0.39, 0.29) is 17.4 Å². The van der Waals surface area contributed by atoms with Gasteiger partial charge < -0.3 is 19.7 Å². The second kappa shape index (κ2) is 12.3. The molecule has 1 heterocycles. The van der Waals surface area contributed by atoms with Crippen LogP contribution in [0.15, 0.2) is 82.2 Å². The topological polar surface area (TPSA) is 50.8 Å². The number of rotatable bonds is 8. The number of halogens is 1. The first-order valence-electron chi connectivity index (χ1n) is 13.1. The first kappa shape index (κ1) is 26.7. The Labute approximate surface area is 237 Å². The standard InChI is InChI=1S/C31H33BrN2O3S/c1-21-11-9-10-16-26(21)34-30(35)29(38-31(34)33-24-14-7-4-8-15-24)18-23-17-27(36-2)28(19-25(23)32)37-20-22-12-5-3-6-13-22/h3-8,12-15,17-19,21,26,31,33H,9-11,16,20H2,1-2H3/b29-18-/t21-,26-,31?/m1/s1. The second-order valence-corrected chi connectivity index (χ2v) is 11.8. The van der Waals surface area contributed by atoms with Crippen molar-refractivity contribution in [3.05, 3.63) is 93.3 Å². The normalized spacial score (nSPS) is 22.5. The Morgan fingerprint density at radius 1 is 1.03 bits per heavy atom. The maximum atomic E-state index is 13.9. The lowest BCUT2D eigenvalue weighted by atomic mass is 9.85. The van der Waals surface area contributed by atoms with Crippen LogP contribution in [0.5, 0.6) is 11.5 Å². The predicted molar refractivity (Wildman–Crippen MR) is 159 cm³/mol. The summed E-state index contributed by atoms with van der Waals surface area (Å²) in [4.78, 5) is 16.7. The third kappa shape index (κ3) is 6.05. The summed E-state index contributed by atoms with van der Waals surface area (Å²) in [5.41, 5.74) is 2.81. The van der Waals surface area contributed by atoms with Crippen molar-refractivity contribution in [1.29, 1.82) is 0 Å². The van der Waals surface area contributed by atoms with Crippen molar-refractivity contribution in [2.24, 2.45) is 5.92 Å². The van der Waals surface area contributed by atoms with Crippen molar-refractivity contribution < 1.29 is 14.3 Å². The van der Waals surface area contributed by atoms with Gasteiger partial charge in [-0.3, -0.25) is 4.79 Å². The van der Waals surface area contributed by atoms with Crippen LogP contribution < -0.4 is 14.8 Å². The number of benzene rings is 3. The van der Waals surface area contributed by atoms with Crippen molar-refractivity contribution in [1.82, 2.24) is 4.90 Å². The molecule has 1 aliphatic carbocycles. The van der Waals surface area contributed by atoms with E-state index < -0.39 is 0 Å². The Balaban J connectivity index is 1.42. The molecule has 1 unspecified atom stereocenters. The Bertz CT molecular complexity index is 1290. The molecule has 1 saturated heterocycles. The number of carbonyl (C=O) groups excluding carboxylic acids is 1. The van der Waals surface area contributed by atoms with Crippen molar-refractivity contribution in [3.63, 3.8) is 0 Å². The number of ether oxygens (including phenoxy) is 2. The predicted octanol–water partition coefficient (Wildman–Crippen LogP) is 7.93.